The third-order valence-corrected chi connectivity index (χ3v) is 3.46. The highest BCUT2D eigenvalue weighted by Gasteiger charge is 2.16. The van der Waals surface area contributed by atoms with Gasteiger partial charge in [-0.2, -0.15) is 0 Å². The maximum Gasteiger partial charge on any atom is 0.350 e. The molecule has 0 aromatic carbocycles. The first-order valence-electron chi connectivity index (χ1n) is 6.78. The molecule has 0 bridgehead atoms. The molecule has 2 N–H and O–H groups in total. The van der Waals surface area contributed by atoms with Crippen molar-refractivity contribution in [2.45, 2.75) is 25.4 Å². The maximum absolute atomic E-state index is 12.0. The van der Waals surface area contributed by atoms with Gasteiger partial charge in [0, 0.05) is 25.2 Å². The average Bonchev–Trinajstić information content (AvgIpc) is 3.06. The number of aromatic nitrogens is 3. The summed E-state index contributed by atoms with van der Waals surface area (Å²) in [5.41, 5.74) is 0.383. The van der Waals surface area contributed by atoms with Gasteiger partial charge in [-0.25, -0.2) is 9.48 Å². The van der Waals surface area contributed by atoms with E-state index in [1.807, 2.05) is 6.07 Å². The standard InChI is InChI=1S/C13H17N5O2/c19-12(15-10-4-6-14-9-10)5-8-18-13(20)17-7-2-1-3-11(17)16-18/h1-3,7,10,14H,4-6,8-9H2,(H,15,19). The number of amides is 1. The topological polar surface area (TPSA) is 80.4 Å². The number of aryl methyl sites for hydroxylation is 1. The first-order chi connectivity index (χ1) is 9.74. The van der Waals surface area contributed by atoms with Crippen LogP contribution in [-0.4, -0.2) is 39.2 Å². The number of nitrogens with one attached hydrogen (secondary N) is 2. The van der Waals surface area contributed by atoms with E-state index in [0.29, 0.717) is 12.2 Å². The quantitative estimate of drug-likeness (QED) is 0.778. The summed E-state index contributed by atoms with van der Waals surface area (Å²) in [5, 5.41) is 10.3. The summed E-state index contributed by atoms with van der Waals surface area (Å²) in [4.78, 5) is 23.8. The van der Waals surface area contributed by atoms with Crippen molar-refractivity contribution in [1.82, 2.24) is 24.8 Å². The van der Waals surface area contributed by atoms with Gasteiger partial charge in [0.1, 0.15) is 0 Å². The lowest BCUT2D eigenvalue weighted by Gasteiger charge is -2.10. The third-order valence-electron chi connectivity index (χ3n) is 3.46. The lowest BCUT2D eigenvalue weighted by Crippen LogP contribution is -2.37. The van der Waals surface area contributed by atoms with Crippen LogP contribution < -0.4 is 16.3 Å². The molecule has 2 aromatic rings. The van der Waals surface area contributed by atoms with Crippen molar-refractivity contribution >= 4 is 11.6 Å². The largest absolute Gasteiger partial charge is 0.352 e. The number of fused-ring (bicyclic) bond motifs is 1. The zero-order valence-electron chi connectivity index (χ0n) is 11.1. The van der Waals surface area contributed by atoms with E-state index in [9.17, 15) is 9.59 Å². The van der Waals surface area contributed by atoms with Crippen molar-refractivity contribution in [3.8, 4) is 0 Å². The Morgan fingerprint density at radius 3 is 3.15 bits per heavy atom. The fourth-order valence-corrected chi connectivity index (χ4v) is 2.40. The second-order valence-corrected chi connectivity index (χ2v) is 4.94. The van der Waals surface area contributed by atoms with Gasteiger partial charge in [0.05, 0.1) is 6.54 Å². The number of hydrogen-bond acceptors (Lipinski definition) is 4. The van der Waals surface area contributed by atoms with Gasteiger partial charge in [0.15, 0.2) is 5.65 Å². The van der Waals surface area contributed by atoms with E-state index in [2.05, 4.69) is 15.7 Å². The van der Waals surface area contributed by atoms with Crippen molar-refractivity contribution in [2.75, 3.05) is 13.1 Å². The zero-order chi connectivity index (χ0) is 13.9. The molecule has 2 aromatic heterocycles. The van der Waals surface area contributed by atoms with Crippen LogP contribution in [0.4, 0.5) is 0 Å². The van der Waals surface area contributed by atoms with Crippen LogP contribution in [0.5, 0.6) is 0 Å². The first-order valence-corrected chi connectivity index (χ1v) is 6.78. The van der Waals surface area contributed by atoms with Gasteiger partial charge in [-0.15, -0.1) is 5.10 Å². The number of carbonyl (C=O) groups excluding carboxylic acids is 1. The van der Waals surface area contributed by atoms with E-state index >= 15 is 0 Å². The molecule has 20 heavy (non-hydrogen) atoms. The van der Waals surface area contributed by atoms with Crippen LogP contribution in [0.15, 0.2) is 29.2 Å². The molecule has 1 fully saturated rings. The predicted octanol–water partition coefficient (Wildman–Crippen LogP) is -0.636. The molecule has 1 saturated heterocycles. The van der Waals surface area contributed by atoms with Crippen LogP contribution in [0, 0.1) is 0 Å². The Labute approximate surface area is 115 Å². The van der Waals surface area contributed by atoms with E-state index in [0.717, 1.165) is 19.5 Å². The van der Waals surface area contributed by atoms with E-state index in [1.165, 1.54) is 9.08 Å². The molecule has 3 rings (SSSR count). The molecule has 1 atom stereocenters. The first kappa shape index (κ1) is 12.9. The van der Waals surface area contributed by atoms with Gasteiger partial charge < -0.3 is 10.6 Å². The molecule has 1 aliphatic heterocycles. The predicted molar refractivity (Wildman–Crippen MR) is 73.5 cm³/mol. The lowest BCUT2D eigenvalue weighted by molar-refractivity contribution is -0.121. The average molecular weight is 275 g/mol. The molecule has 0 radical (unpaired) electrons. The minimum Gasteiger partial charge on any atom is -0.352 e. The monoisotopic (exact) mass is 275 g/mol. The normalized spacial score (nSPS) is 18.5. The molecule has 3 heterocycles. The molecule has 1 unspecified atom stereocenters. The Kier molecular flexibility index (Phi) is 3.51. The molecular weight excluding hydrogens is 258 g/mol. The summed E-state index contributed by atoms with van der Waals surface area (Å²) in [6.45, 7) is 2.06. The summed E-state index contributed by atoms with van der Waals surface area (Å²) < 4.78 is 2.81. The van der Waals surface area contributed by atoms with Crippen molar-refractivity contribution in [3.63, 3.8) is 0 Å². The van der Waals surface area contributed by atoms with Crippen LogP contribution in [0.2, 0.25) is 0 Å². The molecular formula is C13H17N5O2. The van der Waals surface area contributed by atoms with Crippen molar-refractivity contribution < 1.29 is 4.79 Å². The summed E-state index contributed by atoms with van der Waals surface area (Å²) in [6.07, 6.45) is 2.89. The molecule has 7 nitrogen and oxygen atoms in total. The van der Waals surface area contributed by atoms with Crippen molar-refractivity contribution in [1.29, 1.82) is 0 Å². The van der Waals surface area contributed by atoms with Crippen LogP contribution >= 0.6 is 0 Å². The Morgan fingerprint density at radius 1 is 1.50 bits per heavy atom. The van der Waals surface area contributed by atoms with E-state index in [1.54, 1.807) is 18.3 Å². The molecule has 1 aliphatic rings. The second-order valence-electron chi connectivity index (χ2n) is 4.94. The molecule has 0 spiro atoms. The van der Waals surface area contributed by atoms with Crippen LogP contribution in [0.25, 0.3) is 5.65 Å². The summed E-state index contributed by atoms with van der Waals surface area (Å²) in [6, 6.07) is 5.58. The zero-order valence-corrected chi connectivity index (χ0v) is 11.1. The Hall–Kier alpha value is -2.15. The van der Waals surface area contributed by atoms with E-state index in [4.69, 9.17) is 0 Å². The van der Waals surface area contributed by atoms with E-state index < -0.39 is 0 Å². The number of hydrogen-bond donors (Lipinski definition) is 2. The molecule has 0 saturated carbocycles. The van der Waals surface area contributed by atoms with Gasteiger partial charge in [0.25, 0.3) is 0 Å². The molecule has 7 heteroatoms. The number of nitrogens with zero attached hydrogens (tertiary/aromatic N) is 3. The van der Waals surface area contributed by atoms with Gasteiger partial charge in [0.2, 0.25) is 5.91 Å². The van der Waals surface area contributed by atoms with Gasteiger partial charge in [-0.3, -0.25) is 9.20 Å². The van der Waals surface area contributed by atoms with Crippen molar-refractivity contribution in [3.05, 3.63) is 34.9 Å². The van der Waals surface area contributed by atoms with Gasteiger partial charge in [-0.1, -0.05) is 6.07 Å². The van der Waals surface area contributed by atoms with Crippen LogP contribution in [-0.2, 0) is 11.3 Å². The smallest absolute Gasteiger partial charge is 0.350 e. The SMILES string of the molecule is O=C(CCn1nc2ccccn2c1=O)NC1CCNC1. The minimum absolute atomic E-state index is 0.0392. The molecule has 106 valence electrons. The van der Waals surface area contributed by atoms with Crippen molar-refractivity contribution in [2.24, 2.45) is 0 Å². The number of carbonyl (C=O) groups is 1. The fraction of sp³-hybridized carbons (Fsp3) is 0.462. The summed E-state index contributed by atoms with van der Waals surface area (Å²) >= 11 is 0. The maximum atomic E-state index is 12.0. The fourth-order valence-electron chi connectivity index (χ4n) is 2.40. The second kappa shape index (κ2) is 5.46. The Morgan fingerprint density at radius 2 is 2.40 bits per heavy atom. The minimum atomic E-state index is -0.212. The highest BCUT2D eigenvalue weighted by Crippen LogP contribution is 1.99. The third kappa shape index (κ3) is 2.57. The Balaban J connectivity index is 1.63. The van der Waals surface area contributed by atoms with Crippen LogP contribution in [0.3, 0.4) is 0 Å². The number of rotatable bonds is 4. The van der Waals surface area contributed by atoms with E-state index in [-0.39, 0.29) is 24.1 Å². The molecule has 1 amide bonds. The summed E-state index contributed by atoms with van der Waals surface area (Å²) in [5.74, 6) is -0.0392. The van der Waals surface area contributed by atoms with Gasteiger partial charge in [-0.05, 0) is 25.1 Å². The molecule has 0 aliphatic carbocycles. The highest BCUT2D eigenvalue weighted by molar-refractivity contribution is 5.76. The number of pyridine rings is 1. The highest BCUT2D eigenvalue weighted by atomic mass is 16.2. The Bertz CT molecular complexity index is 669. The summed E-state index contributed by atoms with van der Waals surface area (Å²) in [7, 11) is 0. The van der Waals surface area contributed by atoms with Crippen LogP contribution in [0.1, 0.15) is 12.8 Å². The lowest BCUT2D eigenvalue weighted by atomic mass is 10.2. The van der Waals surface area contributed by atoms with Gasteiger partial charge >= 0.3 is 5.69 Å².